The summed E-state index contributed by atoms with van der Waals surface area (Å²) in [5.74, 6) is 0.747. The van der Waals surface area contributed by atoms with Crippen molar-refractivity contribution in [2.75, 3.05) is 18.9 Å². The molecular formula is C8H12BrNOS2. The number of nitrogens with two attached hydrogens (primary N) is 1. The summed E-state index contributed by atoms with van der Waals surface area (Å²) >= 11 is 6.82. The van der Waals surface area contributed by atoms with Gasteiger partial charge in [-0.05, 0) is 28.1 Å². The van der Waals surface area contributed by atoms with Crippen molar-refractivity contribution in [2.45, 2.75) is 5.25 Å². The van der Waals surface area contributed by atoms with E-state index in [2.05, 4.69) is 22.0 Å². The molecule has 74 valence electrons. The van der Waals surface area contributed by atoms with Gasteiger partial charge in [-0.1, -0.05) is 0 Å². The van der Waals surface area contributed by atoms with E-state index in [-0.39, 0.29) is 6.61 Å². The molecule has 3 N–H and O–H groups in total. The molecule has 0 amide bonds. The van der Waals surface area contributed by atoms with E-state index in [1.165, 1.54) is 4.88 Å². The Balaban J connectivity index is 2.56. The van der Waals surface area contributed by atoms with Crippen molar-refractivity contribution in [3.63, 3.8) is 0 Å². The Bertz CT molecular complexity index is 254. The molecule has 2 nitrogen and oxygen atoms in total. The molecule has 13 heavy (non-hydrogen) atoms. The normalized spacial score (nSPS) is 13.2. The summed E-state index contributed by atoms with van der Waals surface area (Å²) in [6.45, 7) is 0.839. The average Bonchev–Trinajstić information content (AvgIpc) is 2.54. The van der Waals surface area contributed by atoms with Crippen LogP contribution in [0, 0.1) is 0 Å². The molecule has 1 unspecified atom stereocenters. The smallest absolute Gasteiger partial charge is 0.0701 e. The van der Waals surface area contributed by atoms with E-state index in [0.29, 0.717) is 11.8 Å². The Morgan fingerprint density at radius 2 is 2.38 bits per heavy atom. The molecule has 1 heterocycles. The molecule has 0 fully saturated rings. The molecule has 0 spiro atoms. The van der Waals surface area contributed by atoms with Crippen molar-refractivity contribution in [3.05, 3.63) is 20.8 Å². The van der Waals surface area contributed by atoms with Crippen LogP contribution in [0.5, 0.6) is 0 Å². The van der Waals surface area contributed by atoms with Gasteiger partial charge in [-0.3, -0.25) is 0 Å². The third-order valence-electron chi connectivity index (χ3n) is 1.54. The highest BCUT2D eigenvalue weighted by Gasteiger charge is 2.11. The van der Waals surface area contributed by atoms with Gasteiger partial charge in [-0.2, -0.15) is 0 Å². The first-order chi connectivity index (χ1) is 6.27. The van der Waals surface area contributed by atoms with Gasteiger partial charge in [0.2, 0.25) is 0 Å². The van der Waals surface area contributed by atoms with E-state index in [9.17, 15) is 0 Å². The predicted molar refractivity (Wildman–Crippen MR) is 63.4 cm³/mol. The molecule has 5 heteroatoms. The summed E-state index contributed by atoms with van der Waals surface area (Å²) in [4.78, 5) is 1.27. The van der Waals surface area contributed by atoms with Crippen LogP contribution in [-0.4, -0.2) is 24.0 Å². The maximum atomic E-state index is 8.70. The third-order valence-corrected chi connectivity index (χ3v) is 4.69. The van der Waals surface area contributed by atoms with Crippen molar-refractivity contribution in [1.29, 1.82) is 0 Å². The zero-order valence-corrected chi connectivity index (χ0v) is 10.3. The van der Waals surface area contributed by atoms with Crippen LogP contribution >= 0.6 is 39.0 Å². The van der Waals surface area contributed by atoms with Gasteiger partial charge in [0.05, 0.1) is 15.6 Å². The second-order valence-corrected chi connectivity index (χ2v) is 6.27. The SMILES string of the molecule is NCC(SCCO)c1ccc(Br)s1. The molecule has 0 aliphatic heterocycles. The van der Waals surface area contributed by atoms with E-state index in [1.807, 2.05) is 6.07 Å². The largest absolute Gasteiger partial charge is 0.396 e. The first-order valence-corrected chi connectivity index (χ1v) is 6.61. The Kier molecular flexibility index (Phi) is 5.35. The monoisotopic (exact) mass is 281 g/mol. The van der Waals surface area contributed by atoms with Gasteiger partial charge in [-0.15, -0.1) is 23.1 Å². The van der Waals surface area contributed by atoms with Crippen molar-refractivity contribution in [3.8, 4) is 0 Å². The van der Waals surface area contributed by atoms with Crippen LogP contribution in [0.1, 0.15) is 10.1 Å². The van der Waals surface area contributed by atoms with E-state index >= 15 is 0 Å². The highest BCUT2D eigenvalue weighted by molar-refractivity contribution is 9.11. The quantitative estimate of drug-likeness (QED) is 0.870. The highest BCUT2D eigenvalue weighted by Crippen LogP contribution is 2.34. The number of thiophene rings is 1. The first kappa shape index (κ1) is 11.5. The summed E-state index contributed by atoms with van der Waals surface area (Å²) in [5, 5.41) is 9.02. The van der Waals surface area contributed by atoms with E-state index < -0.39 is 0 Å². The van der Waals surface area contributed by atoms with Gasteiger partial charge in [0.1, 0.15) is 0 Å². The zero-order chi connectivity index (χ0) is 9.68. The van der Waals surface area contributed by atoms with E-state index in [1.54, 1.807) is 23.1 Å². The molecule has 0 saturated carbocycles. The fraction of sp³-hybridized carbons (Fsp3) is 0.500. The van der Waals surface area contributed by atoms with Gasteiger partial charge >= 0.3 is 0 Å². The molecule has 0 saturated heterocycles. The lowest BCUT2D eigenvalue weighted by atomic mass is 10.3. The predicted octanol–water partition coefficient (Wildman–Crippen LogP) is 2.24. The van der Waals surface area contributed by atoms with Gasteiger partial charge in [0, 0.05) is 17.2 Å². The van der Waals surface area contributed by atoms with Crippen LogP contribution in [0.4, 0.5) is 0 Å². The zero-order valence-electron chi connectivity index (χ0n) is 7.07. The first-order valence-electron chi connectivity index (χ1n) is 3.95. The van der Waals surface area contributed by atoms with Crippen LogP contribution < -0.4 is 5.73 Å². The second kappa shape index (κ2) is 6.03. The Morgan fingerprint density at radius 1 is 1.62 bits per heavy atom. The summed E-state index contributed by atoms with van der Waals surface area (Å²) in [6.07, 6.45) is 0. The minimum Gasteiger partial charge on any atom is -0.396 e. The fourth-order valence-corrected chi connectivity index (χ4v) is 3.50. The van der Waals surface area contributed by atoms with Crippen molar-refractivity contribution < 1.29 is 5.11 Å². The number of halogens is 1. The lowest BCUT2D eigenvalue weighted by molar-refractivity contribution is 0.322. The molecule has 0 aliphatic rings. The fourth-order valence-electron chi connectivity index (χ4n) is 0.963. The molecule has 0 bridgehead atoms. The molecule has 1 aromatic rings. The molecule has 0 radical (unpaired) electrons. The number of hydrogen-bond donors (Lipinski definition) is 2. The van der Waals surface area contributed by atoms with Gasteiger partial charge in [0.25, 0.3) is 0 Å². The molecular weight excluding hydrogens is 270 g/mol. The summed E-state index contributed by atoms with van der Waals surface area (Å²) in [7, 11) is 0. The molecule has 1 atom stereocenters. The van der Waals surface area contributed by atoms with Crippen LogP contribution in [0.3, 0.4) is 0 Å². The number of thioether (sulfide) groups is 1. The van der Waals surface area contributed by atoms with Gasteiger partial charge < -0.3 is 10.8 Å². The third kappa shape index (κ3) is 3.59. The number of aliphatic hydroxyl groups is 1. The van der Waals surface area contributed by atoms with E-state index in [4.69, 9.17) is 10.8 Å². The number of hydrogen-bond acceptors (Lipinski definition) is 4. The minimum atomic E-state index is 0.216. The van der Waals surface area contributed by atoms with Crippen LogP contribution in [0.25, 0.3) is 0 Å². The molecule has 1 aromatic heterocycles. The standard InChI is InChI=1S/C8H12BrNOS2/c9-8-2-1-6(13-8)7(5-10)12-4-3-11/h1-2,7,11H,3-5,10H2. The Labute approximate surface area is 94.7 Å². The van der Waals surface area contributed by atoms with Crippen LogP contribution in [-0.2, 0) is 0 Å². The molecule has 1 rings (SSSR count). The van der Waals surface area contributed by atoms with Crippen LogP contribution in [0.2, 0.25) is 0 Å². The average molecular weight is 282 g/mol. The maximum Gasteiger partial charge on any atom is 0.0701 e. The lowest BCUT2D eigenvalue weighted by Gasteiger charge is -2.10. The van der Waals surface area contributed by atoms with Crippen LogP contribution in [0.15, 0.2) is 15.9 Å². The van der Waals surface area contributed by atoms with Crippen molar-refractivity contribution in [1.82, 2.24) is 0 Å². The molecule has 0 aliphatic carbocycles. The Morgan fingerprint density at radius 3 is 2.85 bits per heavy atom. The number of aliphatic hydroxyl groups excluding tert-OH is 1. The van der Waals surface area contributed by atoms with Gasteiger partial charge in [0.15, 0.2) is 0 Å². The maximum absolute atomic E-state index is 8.70. The second-order valence-electron chi connectivity index (χ2n) is 2.46. The topological polar surface area (TPSA) is 46.2 Å². The minimum absolute atomic E-state index is 0.216. The summed E-state index contributed by atoms with van der Waals surface area (Å²) in [5.41, 5.74) is 5.64. The summed E-state index contributed by atoms with van der Waals surface area (Å²) in [6, 6.07) is 4.11. The summed E-state index contributed by atoms with van der Waals surface area (Å²) < 4.78 is 1.13. The van der Waals surface area contributed by atoms with Crippen molar-refractivity contribution >= 4 is 39.0 Å². The van der Waals surface area contributed by atoms with E-state index in [0.717, 1.165) is 9.54 Å². The molecule has 0 aromatic carbocycles. The highest BCUT2D eigenvalue weighted by atomic mass is 79.9. The van der Waals surface area contributed by atoms with Crippen molar-refractivity contribution in [2.24, 2.45) is 5.73 Å². The van der Waals surface area contributed by atoms with Gasteiger partial charge in [-0.25, -0.2) is 0 Å². The number of rotatable bonds is 5. The Hall–Kier alpha value is 0.450. The lowest BCUT2D eigenvalue weighted by Crippen LogP contribution is -2.09.